The maximum absolute atomic E-state index is 12.2. The highest BCUT2D eigenvalue weighted by atomic mass is 16.3. The number of para-hydroxylation sites is 1. The van der Waals surface area contributed by atoms with Gasteiger partial charge in [0.25, 0.3) is 5.91 Å². The summed E-state index contributed by atoms with van der Waals surface area (Å²) in [5.74, 6) is 0.829. The van der Waals surface area contributed by atoms with Crippen LogP contribution in [0.5, 0.6) is 0 Å². The number of nitrogens with one attached hydrogen (secondary N) is 1. The topological polar surface area (TPSA) is 45.5 Å². The number of benzene rings is 1. The fraction of sp³-hybridized carbons (Fsp3) is 0.154. The lowest BCUT2D eigenvalue weighted by Gasteiger charge is -2.28. The third kappa shape index (κ3) is 1.78. The van der Waals surface area contributed by atoms with Crippen molar-refractivity contribution in [1.29, 1.82) is 0 Å². The average Bonchev–Trinajstić information content (AvgIpc) is 2.86. The van der Waals surface area contributed by atoms with E-state index in [2.05, 4.69) is 5.32 Å². The summed E-state index contributed by atoms with van der Waals surface area (Å²) < 4.78 is 5.25. The van der Waals surface area contributed by atoms with Crippen LogP contribution in [0.1, 0.15) is 16.1 Å². The second kappa shape index (κ2) is 3.97. The number of carbonyl (C=O) groups is 1. The van der Waals surface area contributed by atoms with Gasteiger partial charge in [0.05, 0.1) is 25.0 Å². The summed E-state index contributed by atoms with van der Waals surface area (Å²) in [6.45, 7) is 1.00. The van der Waals surface area contributed by atoms with Crippen LogP contribution in [-0.2, 0) is 6.54 Å². The normalized spacial score (nSPS) is 14.4. The van der Waals surface area contributed by atoms with Gasteiger partial charge in [-0.25, -0.2) is 0 Å². The van der Waals surface area contributed by atoms with Crippen molar-refractivity contribution in [3.63, 3.8) is 0 Å². The van der Waals surface area contributed by atoms with E-state index in [0.29, 0.717) is 18.8 Å². The molecule has 1 aromatic heterocycles. The molecule has 86 valence electrons. The van der Waals surface area contributed by atoms with Crippen molar-refractivity contribution >= 4 is 11.6 Å². The molecule has 0 spiro atoms. The summed E-state index contributed by atoms with van der Waals surface area (Å²) in [7, 11) is 0. The zero-order valence-electron chi connectivity index (χ0n) is 9.22. The molecule has 0 bridgehead atoms. The van der Waals surface area contributed by atoms with Gasteiger partial charge < -0.3 is 14.6 Å². The maximum Gasteiger partial charge on any atom is 0.257 e. The van der Waals surface area contributed by atoms with E-state index < -0.39 is 0 Å². The number of nitrogens with zero attached hydrogens (tertiary/aromatic N) is 1. The molecule has 2 heterocycles. The average molecular weight is 228 g/mol. The van der Waals surface area contributed by atoms with Crippen LogP contribution in [-0.4, -0.2) is 17.5 Å². The SMILES string of the molecule is O=C1c2ccccc2NCN1Cc1ccco1. The molecule has 0 saturated heterocycles. The minimum Gasteiger partial charge on any atom is -0.467 e. The fourth-order valence-corrected chi connectivity index (χ4v) is 1.96. The van der Waals surface area contributed by atoms with E-state index >= 15 is 0 Å². The van der Waals surface area contributed by atoms with E-state index in [1.165, 1.54) is 0 Å². The summed E-state index contributed by atoms with van der Waals surface area (Å²) in [4.78, 5) is 13.9. The first-order chi connectivity index (χ1) is 8.34. The van der Waals surface area contributed by atoms with Gasteiger partial charge in [0.2, 0.25) is 0 Å². The zero-order chi connectivity index (χ0) is 11.7. The van der Waals surface area contributed by atoms with E-state index in [9.17, 15) is 4.79 Å². The van der Waals surface area contributed by atoms with Crippen LogP contribution < -0.4 is 5.32 Å². The lowest BCUT2D eigenvalue weighted by molar-refractivity contribution is 0.0735. The molecule has 1 N–H and O–H groups in total. The van der Waals surface area contributed by atoms with Gasteiger partial charge in [-0.05, 0) is 24.3 Å². The number of fused-ring (bicyclic) bond motifs is 1. The van der Waals surface area contributed by atoms with E-state index in [4.69, 9.17) is 4.42 Å². The first kappa shape index (κ1) is 9.96. The summed E-state index contributed by atoms with van der Waals surface area (Å²) in [6.07, 6.45) is 1.62. The van der Waals surface area contributed by atoms with Gasteiger partial charge >= 0.3 is 0 Å². The Morgan fingerprint density at radius 1 is 1.24 bits per heavy atom. The van der Waals surface area contributed by atoms with Crippen molar-refractivity contribution < 1.29 is 9.21 Å². The van der Waals surface area contributed by atoms with E-state index in [1.807, 2.05) is 36.4 Å². The molecule has 17 heavy (non-hydrogen) atoms. The lowest BCUT2D eigenvalue weighted by Crippen LogP contribution is -2.39. The minimum absolute atomic E-state index is 0.0377. The van der Waals surface area contributed by atoms with Gasteiger partial charge in [0.15, 0.2) is 0 Å². The highest BCUT2D eigenvalue weighted by molar-refractivity contribution is 6.01. The molecule has 0 aliphatic carbocycles. The number of hydrogen-bond donors (Lipinski definition) is 1. The summed E-state index contributed by atoms with van der Waals surface area (Å²) in [5.41, 5.74) is 1.61. The molecule has 1 aliphatic rings. The molecular formula is C13H12N2O2. The van der Waals surface area contributed by atoms with Crippen LogP contribution in [0.4, 0.5) is 5.69 Å². The first-order valence-corrected chi connectivity index (χ1v) is 5.49. The highest BCUT2D eigenvalue weighted by Crippen LogP contribution is 2.22. The van der Waals surface area contributed by atoms with Gasteiger partial charge in [0, 0.05) is 5.69 Å². The zero-order valence-corrected chi connectivity index (χ0v) is 9.22. The van der Waals surface area contributed by atoms with Gasteiger partial charge in [-0.3, -0.25) is 4.79 Å². The van der Waals surface area contributed by atoms with Crippen molar-refractivity contribution in [2.24, 2.45) is 0 Å². The predicted octanol–water partition coefficient (Wildman–Crippen LogP) is 2.30. The van der Waals surface area contributed by atoms with Gasteiger partial charge in [0.1, 0.15) is 5.76 Å². The van der Waals surface area contributed by atoms with Crippen molar-refractivity contribution in [3.05, 3.63) is 54.0 Å². The van der Waals surface area contributed by atoms with Crippen LogP contribution in [0.2, 0.25) is 0 Å². The smallest absolute Gasteiger partial charge is 0.257 e. The predicted molar refractivity (Wildman–Crippen MR) is 63.5 cm³/mol. The van der Waals surface area contributed by atoms with Gasteiger partial charge in [-0.1, -0.05) is 12.1 Å². The van der Waals surface area contributed by atoms with E-state index in [-0.39, 0.29) is 5.91 Å². The molecule has 1 aliphatic heterocycles. The quantitative estimate of drug-likeness (QED) is 0.857. The summed E-state index contributed by atoms with van der Waals surface area (Å²) in [6, 6.07) is 11.2. The van der Waals surface area contributed by atoms with Crippen molar-refractivity contribution in [2.75, 3.05) is 12.0 Å². The van der Waals surface area contributed by atoms with Crippen molar-refractivity contribution in [1.82, 2.24) is 4.90 Å². The monoisotopic (exact) mass is 228 g/mol. The van der Waals surface area contributed by atoms with Crippen LogP contribution in [0.25, 0.3) is 0 Å². The lowest BCUT2D eigenvalue weighted by atomic mass is 10.1. The van der Waals surface area contributed by atoms with E-state index in [0.717, 1.165) is 11.4 Å². The van der Waals surface area contributed by atoms with Crippen LogP contribution in [0.15, 0.2) is 47.1 Å². The number of furan rings is 1. The molecule has 3 rings (SSSR count). The third-order valence-electron chi connectivity index (χ3n) is 2.83. The van der Waals surface area contributed by atoms with Crippen molar-refractivity contribution in [3.8, 4) is 0 Å². The first-order valence-electron chi connectivity index (χ1n) is 5.49. The molecular weight excluding hydrogens is 216 g/mol. The van der Waals surface area contributed by atoms with Crippen LogP contribution in [0.3, 0.4) is 0 Å². The van der Waals surface area contributed by atoms with Gasteiger partial charge in [-0.15, -0.1) is 0 Å². The van der Waals surface area contributed by atoms with Gasteiger partial charge in [-0.2, -0.15) is 0 Å². The van der Waals surface area contributed by atoms with Crippen LogP contribution in [0, 0.1) is 0 Å². The molecule has 0 atom stereocenters. The maximum atomic E-state index is 12.2. The standard InChI is InChI=1S/C13H12N2O2/c16-13-11-5-1-2-6-12(11)14-9-15(13)8-10-4-3-7-17-10/h1-7,14H,8-9H2. The Morgan fingerprint density at radius 3 is 2.94 bits per heavy atom. The Kier molecular flexibility index (Phi) is 2.33. The Labute approximate surface area is 98.8 Å². The van der Waals surface area contributed by atoms with E-state index in [1.54, 1.807) is 11.2 Å². The Bertz CT molecular complexity index is 534. The molecule has 2 aromatic rings. The molecule has 0 radical (unpaired) electrons. The number of carbonyl (C=O) groups excluding carboxylic acids is 1. The minimum atomic E-state index is 0.0377. The molecule has 0 unspecified atom stereocenters. The summed E-state index contributed by atoms with van der Waals surface area (Å²) >= 11 is 0. The number of rotatable bonds is 2. The molecule has 4 heteroatoms. The Balaban J connectivity index is 1.84. The molecule has 0 saturated carbocycles. The molecule has 4 nitrogen and oxygen atoms in total. The number of anilines is 1. The fourth-order valence-electron chi connectivity index (χ4n) is 1.96. The Morgan fingerprint density at radius 2 is 2.12 bits per heavy atom. The largest absolute Gasteiger partial charge is 0.467 e. The second-order valence-electron chi connectivity index (χ2n) is 3.96. The molecule has 1 amide bonds. The van der Waals surface area contributed by atoms with Crippen molar-refractivity contribution in [2.45, 2.75) is 6.54 Å². The third-order valence-corrected chi connectivity index (χ3v) is 2.83. The second-order valence-corrected chi connectivity index (χ2v) is 3.96. The summed E-state index contributed by atoms with van der Waals surface area (Å²) in [5, 5.41) is 3.22. The van der Waals surface area contributed by atoms with Crippen LogP contribution >= 0.6 is 0 Å². The molecule has 0 fully saturated rings. The number of amides is 1. The molecule has 1 aromatic carbocycles. The Hall–Kier alpha value is -2.23. The number of hydrogen-bond acceptors (Lipinski definition) is 3. The highest BCUT2D eigenvalue weighted by Gasteiger charge is 2.23.